The van der Waals surface area contributed by atoms with E-state index in [0.29, 0.717) is 0 Å². The molecule has 2 radical (unpaired) electrons. The molecule has 0 heterocycles. The standard InChI is InChI=1S/C3H4BNS/c4-6-3-1-2-5/h1-3,5H. The zero-order valence-electron chi connectivity index (χ0n) is 3.22. The second-order valence-electron chi connectivity index (χ2n) is 0.631. The van der Waals surface area contributed by atoms with Gasteiger partial charge in [-0.05, 0) is 11.5 Å². The molecular weight excluding hydrogens is 92.9 g/mol. The normalized spacial score (nSPS) is 9.33. The molecule has 0 atom stereocenters. The molecule has 30 valence electrons. The van der Waals surface area contributed by atoms with Gasteiger partial charge in [0, 0.05) is 6.21 Å². The molecule has 1 N–H and O–H groups in total. The third-order valence-corrected chi connectivity index (χ3v) is 0.568. The van der Waals surface area contributed by atoms with E-state index in [1.807, 2.05) is 0 Å². The molecule has 0 unspecified atom stereocenters. The monoisotopic (exact) mass is 97.0 g/mol. The SMILES string of the molecule is [B]SC=CC=N. The van der Waals surface area contributed by atoms with Gasteiger partial charge in [0.15, 0.2) is 7.12 Å². The molecule has 0 aromatic rings. The lowest BCUT2D eigenvalue weighted by Gasteiger charge is -1.68. The number of hydrogen-bond acceptors (Lipinski definition) is 2. The minimum atomic E-state index is 1.09. The van der Waals surface area contributed by atoms with Crippen LogP contribution in [0.15, 0.2) is 11.5 Å². The summed E-state index contributed by atoms with van der Waals surface area (Å²) < 4.78 is 0. The number of hydrogen-bond donors (Lipinski definition) is 1. The van der Waals surface area contributed by atoms with Gasteiger partial charge < -0.3 is 5.41 Å². The molecule has 1 nitrogen and oxygen atoms in total. The van der Waals surface area contributed by atoms with Crippen molar-refractivity contribution in [3.63, 3.8) is 0 Å². The average molecular weight is 97.0 g/mol. The van der Waals surface area contributed by atoms with Crippen molar-refractivity contribution in [1.82, 2.24) is 0 Å². The predicted octanol–water partition coefficient (Wildman–Crippen LogP) is 0.966. The number of rotatable bonds is 2. The molecule has 0 rings (SSSR count). The lowest BCUT2D eigenvalue weighted by Crippen LogP contribution is -1.51. The smallest absolute Gasteiger partial charge is 0.167 e. The first-order valence-electron chi connectivity index (χ1n) is 1.43. The Kier molecular flexibility index (Phi) is 4.68. The minimum Gasteiger partial charge on any atom is -0.309 e. The third-order valence-electron chi connectivity index (χ3n) is 0.253. The van der Waals surface area contributed by atoms with Gasteiger partial charge in [-0.2, -0.15) is 0 Å². The summed E-state index contributed by atoms with van der Waals surface area (Å²) in [5, 5.41) is 8.06. The summed E-state index contributed by atoms with van der Waals surface area (Å²) >= 11 is 1.09. The van der Waals surface area contributed by atoms with Gasteiger partial charge in [0.05, 0.1) is 0 Å². The highest BCUT2D eigenvalue weighted by Gasteiger charge is 1.56. The topological polar surface area (TPSA) is 23.9 Å². The number of allylic oxidation sites excluding steroid dienone is 1. The average Bonchev–Trinajstić information content (AvgIpc) is 1.61. The molecule has 0 aliphatic rings. The molecular formula is C3H4BNS. The Labute approximate surface area is 42.6 Å². The minimum absolute atomic E-state index is 1.09. The van der Waals surface area contributed by atoms with Crippen LogP contribution in [0, 0.1) is 5.41 Å². The van der Waals surface area contributed by atoms with Crippen molar-refractivity contribution >= 4 is 25.0 Å². The van der Waals surface area contributed by atoms with Crippen molar-refractivity contribution in [1.29, 1.82) is 5.41 Å². The Hall–Kier alpha value is -0.175. The molecule has 0 fully saturated rings. The van der Waals surface area contributed by atoms with E-state index >= 15 is 0 Å². The van der Waals surface area contributed by atoms with Crippen LogP contribution in [0.4, 0.5) is 0 Å². The Morgan fingerprint density at radius 2 is 2.33 bits per heavy atom. The van der Waals surface area contributed by atoms with Crippen LogP contribution < -0.4 is 0 Å². The zero-order valence-corrected chi connectivity index (χ0v) is 4.03. The fraction of sp³-hybridized carbons (Fsp3) is 0. The van der Waals surface area contributed by atoms with Crippen LogP contribution in [0.2, 0.25) is 0 Å². The van der Waals surface area contributed by atoms with Crippen molar-refractivity contribution in [3.05, 3.63) is 11.5 Å². The molecule has 0 amide bonds. The van der Waals surface area contributed by atoms with Crippen LogP contribution in [0.25, 0.3) is 0 Å². The zero-order chi connectivity index (χ0) is 4.83. The number of nitrogens with one attached hydrogen (secondary N) is 1. The first-order chi connectivity index (χ1) is 2.91. The van der Waals surface area contributed by atoms with Crippen LogP contribution >= 0.6 is 11.6 Å². The Morgan fingerprint density at radius 1 is 1.67 bits per heavy atom. The van der Waals surface area contributed by atoms with E-state index in [9.17, 15) is 0 Å². The second kappa shape index (κ2) is 4.82. The highest BCUT2D eigenvalue weighted by molar-refractivity contribution is 8.22. The quantitative estimate of drug-likeness (QED) is 0.402. The molecule has 0 aliphatic heterocycles. The van der Waals surface area contributed by atoms with Crippen LogP contribution in [-0.2, 0) is 0 Å². The summed E-state index contributed by atoms with van der Waals surface area (Å²) in [6.45, 7) is 0. The Morgan fingerprint density at radius 3 is 2.50 bits per heavy atom. The third kappa shape index (κ3) is 3.82. The van der Waals surface area contributed by atoms with Crippen LogP contribution in [0.5, 0.6) is 0 Å². The molecule has 0 saturated carbocycles. The van der Waals surface area contributed by atoms with Crippen molar-refractivity contribution in [2.24, 2.45) is 0 Å². The van der Waals surface area contributed by atoms with Gasteiger partial charge in [-0.15, -0.1) is 0 Å². The summed E-state index contributed by atoms with van der Waals surface area (Å²) in [4.78, 5) is 0. The molecule has 0 aliphatic carbocycles. The summed E-state index contributed by atoms with van der Waals surface area (Å²) in [5.74, 6) is 0. The summed E-state index contributed by atoms with van der Waals surface area (Å²) in [7, 11) is 4.94. The van der Waals surface area contributed by atoms with E-state index in [2.05, 4.69) is 0 Å². The van der Waals surface area contributed by atoms with Crippen molar-refractivity contribution in [2.75, 3.05) is 0 Å². The lowest BCUT2D eigenvalue weighted by atomic mass is 10.7. The lowest BCUT2D eigenvalue weighted by molar-refractivity contribution is 1.58. The van der Waals surface area contributed by atoms with Crippen molar-refractivity contribution in [2.45, 2.75) is 0 Å². The van der Waals surface area contributed by atoms with E-state index in [1.54, 1.807) is 11.5 Å². The largest absolute Gasteiger partial charge is 0.309 e. The highest BCUT2D eigenvalue weighted by atomic mass is 32.2. The second-order valence-corrected chi connectivity index (χ2v) is 1.18. The molecule has 0 aromatic heterocycles. The molecule has 0 spiro atoms. The maximum absolute atomic E-state index is 6.43. The summed E-state index contributed by atoms with van der Waals surface area (Å²) in [5.41, 5.74) is 0. The van der Waals surface area contributed by atoms with Crippen molar-refractivity contribution in [3.8, 4) is 0 Å². The van der Waals surface area contributed by atoms with E-state index < -0.39 is 0 Å². The van der Waals surface area contributed by atoms with Crippen LogP contribution in [0.1, 0.15) is 0 Å². The summed E-state index contributed by atoms with van der Waals surface area (Å²) in [6.07, 6.45) is 2.74. The van der Waals surface area contributed by atoms with Gasteiger partial charge >= 0.3 is 0 Å². The fourth-order valence-corrected chi connectivity index (χ4v) is 0.254. The Bertz CT molecular complexity index is 61.8. The summed E-state index contributed by atoms with van der Waals surface area (Å²) in [6, 6.07) is 0. The molecule has 0 saturated heterocycles. The van der Waals surface area contributed by atoms with Gasteiger partial charge in [0.25, 0.3) is 0 Å². The first-order valence-corrected chi connectivity index (χ1v) is 2.37. The van der Waals surface area contributed by atoms with Gasteiger partial charge in [-0.25, -0.2) is 11.6 Å². The van der Waals surface area contributed by atoms with Gasteiger partial charge in [-0.1, -0.05) is 0 Å². The first kappa shape index (κ1) is 5.82. The fourth-order valence-electron chi connectivity index (χ4n) is 0.0846. The highest BCUT2D eigenvalue weighted by Crippen LogP contribution is 1.87. The molecule has 3 heteroatoms. The maximum Gasteiger partial charge on any atom is 0.167 e. The van der Waals surface area contributed by atoms with E-state index in [1.165, 1.54) is 6.21 Å². The van der Waals surface area contributed by atoms with Crippen molar-refractivity contribution < 1.29 is 0 Å². The van der Waals surface area contributed by atoms with Gasteiger partial charge in [-0.3, -0.25) is 0 Å². The van der Waals surface area contributed by atoms with Crippen LogP contribution in [0.3, 0.4) is 0 Å². The predicted molar refractivity (Wildman–Crippen MR) is 31.3 cm³/mol. The maximum atomic E-state index is 6.43. The van der Waals surface area contributed by atoms with E-state index in [0.717, 1.165) is 11.6 Å². The molecule has 0 bridgehead atoms. The van der Waals surface area contributed by atoms with Gasteiger partial charge in [0.2, 0.25) is 0 Å². The molecule has 0 aromatic carbocycles. The molecule has 6 heavy (non-hydrogen) atoms. The van der Waals surface area contributed by atoms with Crippen LogP contribution in [-0.4, -0.2) is 13.3 Å². The van der Waals surface area contributed by atoms with E-state index in [-0.39, 0.29) is 0 Å². The van der Waals surface area contributed by atoms with Gasteiger partial charge in [0.1, 0.15) is 0 Å². The Balaban J connectivity index is 2.94. The van der Waals surface area contributed by atoms with E-state index in [4.69, 9.17) is 12.5 Å².